The molecule has 1 N–H and O–H groups in total. The molecule has 0 radical (unpaired) electrons. The molecule has 1 aliphatic rings. The number of rotatable bonds is 3. The third kappa shape index (κ3) is 3.27. The van der Waals surface area contributed by atoms with E-state index in [4.69, 9.17) is 4.42 Å². The minimum absolute atomic E-state index is 0.832. The summed E-state index contributed by atoms with van der Waals surface area (Å²) in [5.74, 6) is 1.97. The van der Waals surface area contributed by atoms with Crippen molar-refractivity contribution in [1.29, 1.82) is 0 Å². The van der Waals surface area contributed by atoms with E-state index in [2.05, 4.69) is 39.5 Å². The molecule has 4 nitrogen and oxygen atoms in total. The van der Waals surface area contributed by atoms with Crippen LogP contribution in [-0.2, 0) is 19.4 Å². The van der Waals surface area contributed by atoms with E-state index in [9.17, 15) is 0 Å². The van der Waals surface area contributed by atoms with E-state index in [-0.39, 0.29) is 0 Å². The van der Waals surface area contributed by atoms with Gasteiger partial charge >= 0.3 is 0 Å². The first-order valence-corrected chi connectivity index (χ1v) is 7.41. The highest BCUT2D eigenvalue weighted by molar-refractivity contribution is 5.80. The molecule has 0 saturated heterocycles. The fraction of sp³-hybridized carbons (Fsp3) is 0.353. The lowest BCUT2D eigenvalue weighted by Gasteiger charge is -2.31. The monoisotopic (exact) mass is 283 g/mol. The number of aliphatic imine (C=N–C) groups is 1. The van der Waals surface area contributed by atoms with Crippen molar-refractivity contribution in [2.75, 3.05) is 20.1 Å². The highest BCUT2D eigenvalue weighted by Crippen LogP contribution is 2.18. The van der Waals surface area contributed by atoms with Crippen molar-refractivity contribution < 1.29 is 4.42 Å². The van der Waals surface area contributed by atoms with Gasteiger partial charge in [-0.05, 0) is 29.7 Å². The van der Waals surface area contributed by atoms with Crippen LogP contribution in [0.1, 0.15) is 16.9 Å². The van der Waals surface area contributed by atoms with Crippen LogP contribution in [0.2, 0.25) is 0 Å². The van der Waals surface area contributed by atoms with Gasteiger partial charge < -0.3 is 14.6 Å². The fourth-order valence-electron chi connectivity index (χ4n) is 2.76. The van der Waals surface area contributed by atoms with Gasteiger partial charge in [0.1, 0.15) is 5.76 Å². The molecular formula is C17H21N3O. The topological polar surface area (TPSA) is 40.8 Å². The summed E-state index contributed by atoms with van der Waals surface area (Å²) in [7, 11) is 1.84. The minimum atomic E-state index is 0.832. The van der Waals surface area contributed by atoms with Crippen LogP contribution in [-0.4, -0.2) is 31.0 Å². The van der Waals surface area contributed by atoms with Crippen LogP contribution in [0.4, 0.5) is 0 Å². The quantitative estimate of drug-likeness (QED) is 0.695. The average Bonchev–Trinajstić information content (AvgIpc) is 3.04. The van der Waals surface area contributed by atoms with Gasteiger partial charge in [0.2, 0.25) is 0 Å². The van der Waals surface area contributed by atoms with Gasteiger partial charge in [0.25, 0.3) is 0 Å². The number of hydrogen-bond donors (Lipinski definition) is 1. The van der Waals surface area contributed by atoms with Gasteiger partial charge in [-0.1, -0.05) is 24.3 Å². The molecule has 0 amide bonds. The van der Waals surface area contributed by atoms with Crippen LogP contribution in [0.15, 0.2) is 52.1 Å². The van der Waals surface area contributed by atoms with Crippen LogP contribution in [0, 0.1) is 0 Å². The van der Waals surface area contributed by atoms with Crippen molar-refractivity contribution in [2.45, 2.75) is 19.4 Å². The number of nitrogens with one attached hydrogen (secondary N) is 1. The lowest BCUT2D eigenvalue weighted by Crippen LogP contribution is -2.44. The summed E-state index contributed by atoms with van der Waals surface area (Å²) in [6.07, 6.45) is 3.66. The van der Waals surface area contributed by atoms with Gasteiger partial charge in [-0.25, -0.2) is 0 Å². The minimum Gasteiger partial charge on any atom is -0.469 e. The number of furan rings is 1. The third-order valence-electron chi connectivity index (χ3n) is 3.88. The van der Waals surface area contributed by atoms with E-state index >= 15 is 0 Å². The van der Waals surface area contributed by atoms with E-state index in [0.717, 1.165) is 44.2 Å². The molecule has 0 bridgehead atoms. The molecule has 0 spiro atoms. The van der Waals surface area contributed by atoms with Gasteiger partial charge in [-0.2, -0.15) is 0 Å². The normalized spacial score (nSPS) is 14.9. The lowest BCUT2D eigenvalue weighted by molar-refractivity contribution is 0.378. The molecule has 0 saturated carbocycles. The molecular weight excluding hydrogens is 262 g/mol. The maximum atomic E-state index is 5.35. The van der Waals surface area contributed by atoms with E-state index in [1.807, 2.05) is 19.2 Å². The zero-order valence-electron chi connectivity index (χ0n) is 12.4. The van der Waals surface area contributed by atoms with Crippen LogP contribution in [0.5, 0.6) is 0 Å². The van der Waals surface area contributed by atoms with Gasteiger partial charge in [0, 0.05) is 33.1 Å². The summed E-state index contributed by atoms with van der Waals surface area (Å²) in [6, 6.07) is 12.6. The van der Waals surface area contributed by atoms with Crippen molar-refractivity contribution in [3.05, 3.63) is 59.5 Å². The lowest BCUT2D eigenvalue weighted by atomic mass is 10.0. The van der Waals surface area contributed by atoms with Crippen molar-refractivity contribution in [3.63, 3.8) is 0 Å². The van der Waals surface area contributed by atoms with E-state index < -0.39 is 0 Å². The summed E-state index contributed by atoms with van der Waals surface area (Å²) >= 11 is 0. The second-order valence-electron chi connectivity index (χ2n) is 5.24. The Bertz CT molecular complexity index is 604. The molecule has 0 unspecified atom stereocenters. The Morgan fingerprint density at radius 2 is 2.10 bits per heavy atom. The predicted octanol–water partition coefficient (Wildman–Crippen LogP) is 2.46. The van der Waals surface area contributed by atoms with Crippen molar-refractivity contribution >= 4 is 5.96 Å². The average molecular weight is 283 g/mol. The second-order valence-corrected chi connectivity index (χ2v) is 5.24. The molecule has 1 aromatic carbocycles. The molecule has 3 rings (SSSR count). The first-order chi connectivity index (χ1) is 10.4. The predicted molar refractivity (Wildman–Crippen MR) is 84.3 cm³/mol. The Morgan fingerprint density at radius 3 is 2.86 bits per heavy atom. The van der Waals surface area contributed by atoms with Crippen LogP contribution in [0.3, 0.4) is 0 Å². The number of nitrogens with zero attached hydrogens (tertiary/aromatic N) is 2. The van der Waals surface area contributed by atoms with Crippen LogP contribution < -0.4 is 5.32 Å². The maximum Gasteiger partial charge on any atom is 0.193 e. The first-order valence-electron chi connectivity index (χ1n) is 7.41. The molecule has 0 fully saturated rings. The number of hydrogen-bond acceptors (Lipinski definition) is 2. The van der Waals surface area contributed by atoms with Crippen molar-refractivity contribution in [1.82, 2.24) is 10.2 Å². The third-order valence-corrected chi connectivity index (χ3v) is 3.88. The number of fused-ring (bicyclic) bond motifs is 1. The molecule has 2 heterocycles. The maximum absolute atomic E-state index is 5.35. The molecule has 0 atom stereocenters. The zero-order valence-corrected chi connectivity index (χ0v) is 12.4. The first kappa shape index (κ1) is 13.7. The van der Waals surface area contributed by atoms with Gasteiger partial charge in [-0.3, -0.25) is 4.99 Å². The summed E-state index contributed by atoms with van der Waals surface area (Å²) < 4.78 is 5.35. The molecule has 21 heavy (non-hydrogen) atoms. The van der Waals surface area contributed by atoms with Gasteiger partial charge in [0.15, 0.2) is 5.96 Å². The van der Waals surface area contributed by atoms with E-state index in [1.54, 1.807) is 6.26 Å². The Kier molecular flexibility index (Phi) is 4.24. The fourth-order valence-corrected chi connectivity index (χ4v) is 2.76. The highest BCUT2D eigenvalue weighted by atomic mass is 16.3. The Balaban J connectivity index is 1.57. The SMILES string of the molecule is CN=C(NCCc1ccco1)N1CCc2ccccc2C1. The van der Waals surface area contributed by atoms with Gasteiger partial charge in [0.05, 0.1) is 6.26 Å². The van der Waals surface area contributed by atoms with Gasteiger partial charge in [-0.15, -0.1) is 0 Å². The summed E-state index contributed by atoms with van der Waals surface area (Å²) in [5, 5.41) is 3.42. The molecule has 1 aliphatic heterocycles. The largest absolute Gasteiger partial charge is 0.469 e. The van der Waals surface area contributed by atoms with Crippen LogP contribution >= 0.6 is 0 Å². The van der Waals surface area contributed by atoms with Crippen molar-refractivity contribution in [2.24, 2.45) is 4.99 Å². The molecule has 1 aromatic heterocycles. The Labute approximate surface area is 125 Å². The standard InChI is InChI=1S/C17H21N3O/c1-18-17(19-10-8-16-7-4-12-21-16)20-11-9-14-5-2-3-6-15(14)13-20/h2-7,12H,8-11,13H2,1H3,(H,18,19). The smallest absolute Gasteiger partial charge is 0.193 e. The molecule has 4 heteroatoms. The molecule has 2 aromatic rings. The Hall–Kier alpha value is -2.23. The summed E-state index contributed by atoms with van der Waals surface area (Å²) in [4.78, 5) is 6.71. The summed E-state index contributed by atoms with van der Waals surface area (Å²) in [6.45, 7) is 2.77. The number of guanidine groups is 1. The molecule has 110 valence electrons. The van der Waals surface area contributed by atoms with Crippen molar-refractivity contribution in [3.8, 4) is 0 Å². The molecule has 0 aliphatic carbocycles. The van der Waals surface area contributed by atoms with E-state index in [1.165, 1.54) is 11.1 Å². The van der Waals surface area contributed by atoms with E-state index in [0.29, 0.717) is 0 Å². The number of benzene rings is 1. The second kappa shape index (κ2) is 6.48. The summed E-state index contributed by atoms with van der Waals surface area (Å²) in [5.41, 5.74) is 2.86. The Morgan fingerprint density at radius 1 is 1.24 bits per heavy atom. The van der Waals surface area contributed by atoms with Crippen LogP contribution in [0.25, 0.3) is 0 Å². The zero-order chi connectivity index (χ0) is 14.5. The highest BCUT2D eigenvalue weighted by Gasteiger charge is 2.18.